The fourth-order valence-electron chi connectivity index (χ4n) is 3.57. The van der Waals surface area contributed by atoms with E-state index in [-0.39, 0.29) is 5.75 Å². The van der Waals surface area contributed by atoms with Crippen LogP contribution in [0.4, 0.5) is 5.00 Å². The second-order valence-electron chi connectivity index (χ2n) is 6.69. The topological polar surface area (TPSA) is 45.5 Å². The number of para-hydroxylation sites is 2. The van der Waals surface area contributed by atoms with Crippen molar-refractivity contribution in [2.75, 3.05) is 0 Å². The molecule has 0 aliphatic heterocycles. The van der Waals surface area contributed by atoms with E-state index in [1.165, 1.54) is 33.5 Å². The number of rotatable bonds is 3. The van der Waals surface area contributed by atoms with Crippen LogP contribution in [0.2, 0.25) is 0 Å². The summed E-state index contributed by atoms with van der Waals surface area (Å²) in [6.07, 6.45) is 6.47. The molecule has 5 rings (SSSR count). The van der Waals surface area contributed by atoms with Crippen LogP contribution < -0.4 is 0 Å². The third kappa shape index (κ3) is 3.07. The van der Waals surface area contributed by atoms with Gasteiger partial charge in [0.1, 0.15) is 15.8 Å². The Kier molecular flexibility index (Phi) is 4.26. The number of nitrogens with zero attached hydrogens (tertiary/aromatic N) is 2. The minimum Gasteiger partial charge on any atom is -0.507 e. The quantitative estimate of drug-likeness (QED) is 0.414. The van der Waals surface area contributed by atoms with Crippen molar-refractivity contribution in [3.63, 3.8) is 0 Å². The highest BCUT2D eigenvalue weighted by molar-refractivity contribution is 7.22. The molecule has 0 bridgehead atoms. The van der Waals surface area contributed by atoms with Gasteiger partial charge >= 0.3 is 0 Å². The number of aryl methyl sites for hydroxylation is 1. The Hall–Kier alpha value is -2.50. The molecule has 0 atom stereocenters. The Balaban J connectivity index is 1.65. The summed E-state index contributed by atoms with van der Waals surface area (Å²) in [6, 6.07) is 15.6. The van der Waals surface area contributed by atoms with E-state index in [9.17, 15) is 5.11 Å². The summed E-state index contributed by atoms with van der Waals surface area (Å²) in [7, 11) is 0. The highest BCUT2D eigenvalue weighted by atomic mass is 32.1. The molecule has 3 nitrogen and oxygen atoms in total. The van der Waals surface area contributed by atoms with Gasteiger partial charge < -0.3 is 5.11 Å². The van der Waals surface area contributed by atoms with Crippen LogP contribution in [0.15, 0.2) is 53.5 Å². The first kappa shape index (κ1) is 16.7. The fourth-order valence-corrected chi connectivity index (χ4v) is 5.91. The van der Waals surface area contributed by atoms with Crippen molar-refractivity contribution < 1.29 is 5.11 Å². The standard InChI is InChI=1S/C22H18N2OS2/c25-17-10-4-1-7-14(17)13-23-21-20(15-8-2-5-11-18(15)26-21)22-24-16-9-3-6-12-19(16)27-22/h1,3-4,6-7,9-10,12-13,25H,2,5,8,11H2/b23-13+. The number of benzene rings is 2. The van der Waals surface area contributed by atoms with Gasteiger partial charge in [-0.25, -0.2) is 9.98 Å². The Labute approximate surface area is 165 Å². The zero-order valence-corrected chi connectivity index (χ0v) is 16.3. The van der Waals surface area contributed by atoms with Gasteiger partial charge in [0.25, 0.3) is 0 Å². The van der Waals surface area contributed by atoms with Crippen LogP contribution >= 0.6 is 22.7 Å². The molecule has 0 saturated heterocycles. The van der Waals surface area contributed by atoms with Crippen molar-refractivity contribution in [2.45, 2.75) is 25.7 Å². The molecule has 2 aromatic carbocycles. The summed E-state index contributed by atoms with van der Waals surface area (Å²) in [5.41, 5.74) is 4.40. The first-order valence-corrected chi connectivity index (χ1v) is 10.8. The molecule has 1 N–H and O–H groups in total. The number of aliphatic imine (C=N–C) groups is 1. The molecule has 1 aliphatic carbocycles. The van der Waals surface area contributed by atoms with Gasteiger partial charge in [-0.15, -0.1) is 22.7 Å². The van der Waals surface area contributed by atoms with E-state index in [1.807, 2.05) is 24.3 Å². The summed E-state index contributed by atoms with van der Waals surface area (Å²) < 4.78 is 1.21. The lowest BCUT2D eigenvalue weighted by atomic mass is 9.96. The first-order chi connectivity index (χ1) is 13.3. The SMILES string of the molecule is Oc1ccccc1/C=N/c1sc2c(c1-c1nc3ccccc3s1)CCCC2. The number of aromatic nitrogens is 1. The average Bonchev–Trinajstić information content (AvgIpc) is 3.27. The Morgan fingerprint density at radius 2 is 1.78 bits per heavy atom. The van der Waals surface area contributed by atoms with Crippen molar-refractivity contribution >= 4 is 44.1 Å². The van der Waals surface area contributed by atoms with Gasteiger partial charge in [-0.3, -0.25) is 0 Å². The van der Waals surface area contributed by atoms with Crippen LogP contribution in [0.25, 0.3) is 20.8 Å². The Morgan fingerprint density at radius 3 is 2.67 bits per heavy atom. The molecule has 4 aromatic rings. The predicted octanol–water partition coefficient (Wildman–Crippen LogP) is 6.36. The molecular formula is C22H18N2OS2. The maximum absolute atomic E-state index is 10.0. The van der Waals surface area contributed by atoms with E-state index in [4.69, 9.17) is 9.98 Å². The fraction of sp³-hybridized carbons (Fsp3) is 0.182. The molecule has 0 spiro atoms. The zero-order chi connectivity index (χ0) is 18.2. The number of hydrogen-bond donors (Lipinski definition) is 1. The van der Waals surface area contributed by atoms with E-state index in [1.54, 1.807) is 35.0 Å². The molecular weight excluding hydrogens is 372 g/mol. The molecule has 0 fully saturated rings. The van der Waals surface area contributed by atoms with Crippen LogP contribution in [0, 0.1) is 0 Å². The zero-order valence-electron chi connectivity index (χ0n) is 14.7. The molecule has 1 aliphatic rings. The monoisotopic (exact) mass is 390 g/mol. The lowest BCUT2D eigenvalue weighted by Gasteiger charge is -2.11. The molecule has 27 heavy (non-hydrogen) atoms. The third-order valence-electron chi connectivity index (χ3n) is 4.92. The maximum Gasteiger partial charge on any atom is 0.127 e. The Morgan fingerprint density at radius 1 is 0.963 bits per heavy atom. The molecule has 2 aromatic heterocycles. The predicted molar refractivity (Wildman–Crippen MR) is 115 cm³/mol. The minimum absolute atomic E-state index is 0.254. The summed E-state index contributed by atoms with van der Waals surface area (Å²) in [5.74, 6) is 0.254. The number of thiophene rings is 1. The molecule has 2 heterocycles. The van der Waals surface area contributed by atoms with Crippen LogP contribution in [0.5, 0.6) is 5.75 Å². The number of phenols is 1. The van der Waals surface area contributed by atoms with Crippen molar-refractivity contribution in [3.05, 3.63) is 64.5 Å². The lowest BCUT2D eigenvalue weighted by Crippen LogP contribution is -1.99. The highest BCUT2D eigenvalue weighted by Crippen LogP contribution is 2.47. The van der Waals surface area contributed by atoms with E-state index >= 15 is 0 Å². The molecule has 0 amide bonds. The van der Waals surface area contributed by atoms with E-state index in [0.29, 0.717) is 0 Å². The number of aromatic hydroxyl groups is 1. The molecule has 134 valence electrons. The van der Waals surface area contributed by atoms with Crippen molar-refractivity contribution in [1.29, 1.82) is 0 Å². The Bertz CT molecular complexity index is 1120. The number of hydrogen-bond acceptors (Lipinski definition) is 5. The molecule has 0 radical (unpaired) electrons. The smallest absolute Gasteiger partial charge is 0.127 e. The van der Waals surface area contributed by atoms with Crippen molar-refractivity contribution in [3.8, 4) is 16.3 Å². The van der Waals surface area contributed by atoms with Gasteiger partial charge in [0.2, 0.25) is 0 Å². The van der Waals surface area contributed by atoms with Gasteiger partial charge in [-0.05, 0) is 55.5 Å². The maximum atomic E-state index is 10.0. The van der Waals surface area contributed by atoms with E-state index in [2.05, 4.69) is 18.2 Å². The van der Waals surface area contributed by atoms with Gasteiger partial charge in [-0.1, -0.05) is 24.3 Å². The second-order valence-corrected chi connectivity index (χ2v) is 8.81. The van der Waals surface area contributed by atoms with Crippen molar-refractivity contribution in [2.24, 2.45) is 4.99 Å². The van der Waals surface area contributed by atoms with Crippen LogP contribution in [0.1, 0.15) is 28.8 Å². The normalized spacial score (nSPS) is 14.1. The summed E-state index contributed by atoms with van der Waals surface area (Å²) in [6.45, 7) is 0. The van der Waals surface area contributed by atoms with Gasteiger partial charge in [0, 0.05) is 16.7 Å². The molecule has 5 heteroatoms. The lowest BCUT2D eigenvalue weighted by molar-refractivity contribution is 0.474. The second kappa shape index (κ2) is 6.91. The van der Waals surface area contributed by atoms with Gasteiger partial charge in [0.05, 0.1) is 15.8 Å². The van der Waals surface area contributed by atoms with Gasteiger partial charge in [0.15, 0.2) is 0 Å². The molecule has 0 saturated carbocycles. The van der Waals surface area contributed by atoms with Crippen LogP contribution in [0.3, 0.4) is 0 Å². The van der Waals surface area contributed by atoms with Crippen LogP contribution in [-0.2, 0) is 12.8 Å². The third-order valence-corrected chi connectivity index (χ3v) is 7.17. The van der Waals surface area contributed by atoms with Crippen molar-refractivity contribution in [1.82, 2.24) is 4.98 Å². The number of thiazole rings is 1. The number of phenolic OH excluding ortho intramolecular Hbond substituents is 1. The largest absolute Gasteiger partial charge is 0.507 e. The summed E-state index contributed by atoms with van der Waals surface area (Å²) in [4.78, 5) is 11.1. The number of fused-ring (bicyclic) bond motifs is 2. The molecule has 0 unspecified atom stereocenters. The van der Waals surface area contributed by atoms with Crippen LogP contribution in [-0.4, -0.2) is 16.3 Å². The van der Waals surface area contributed by atoms with Gasteiger partial charge in [-0.2, -0.15) is 0 Å². The van der Waals surface area contributed by atoms with E-state index in [0.717, 1.165) is 33.9 Å². The minimum atomic E-state index is 0.254. The average molecular weight is 391 g/mol. The first-order valence-electron chi connectivity index (χ1n) is 9.12. The summed E-state index contributed by atoms with van der Waals surface area (Å²) in [5, 5.41) is 12.1. The van der Waals surface area contributed by atoms with E-state index < -0.39 is 0 Å². The summed E-state index contributed by atoms with van der Waals surface area (Å²) >= 11 is 3.52. The highest BCUT2D eigenvalue weighted by Gasteiger charge is 2.23.